The van der Waals surface area contributed by atoms with Gasteiger partial charge in [-0.15, -0.1) is 11.3 Å². The van der Waals surface area contributed by atoms with Gasteiger partial charge in [0.25, 0.3) is 10.0 Å². The number of thiophene rings is 1. The molecule has 0 radical (unpaired) electrons. The van der Waals surface area contributed by atoms with Crippen molar-refractivity contribution >= 4 is 21.4 Å². The van der Waals surface area contributed by atoms with E-state index in [9.17, 15) is 8.42 Å². The van der Waals surface area contributed by atoms with Crippen molar-refractivity contribution in [2.24, 2.45) is 0 Å². The third-order valence-electron chi connectivity index (χ3n) is 2.77. The molecule has 0 aliphatic rings. The van der Waals surface area contributed by atoms with Gasteiger partial charge in [0, 0.05) is 21.9 Å². The van der Waals surface area contributed by atoms with Crippen LogP contribution in [0.1, 0.15) is 20.9 Å². The minimum absolute atomic E-state index is 0.0833. The number of aromatic amines is 1. The summed E-state index contributed by atoms with van der Waals surface area (Å²) in [6.07, 6.45) is 1.30. The average Bonchev–Trinajstić information content (AvgIpc) is 2.95. The van der Waals surface area contributed by atoms with Crippen molar-refractivity contribution in [1.82, 2.24) is 14.9 Å². The molecule has 0 saturated carbocycles. The molecule has 0 fully saturated rings. The second-order valence-corrected chi connectivity index (χ2v) is 7.20. The Bertz CT molecular complexity index is 654. The van der Waals surface area contributed by atoms with Crippen LogP contribution in [0.25, 0.3) is 0 Å². The third kappa shape index (κ3) is 3.03. The van der Waals surface area contributed by atoms with Gasteiger partial charge in [0.1, 0.15) is 0 Å². The van der Waals surface area contributed by atoms with E-state index in [0.29, 0.717) is 0 Å². The van der Waals surface area contributed by atoms with Crippen molar-refractivity contribution in [3.05, 3.63) is 33.1 Å². The average molecular weight is 301 g/mol. The van der Waals surface area contributed by atoms with Gasteiger partial charge in [-0.2, -0.15) is 5.10 Å². The smallest absolute Gasteiger partial charge is 0.258 e. The lowest BCUT2D eigenvalue weighted by molar-refractivity contribution is 0.278. The summed E-state index contributed by atoms with van der Waals surface area (Å²) in [5.74, 6) is 0. The maximum atomic E-state index is 12.0. The largest absolute Gasteiger partial charge is 0.392 e. The standard InChI is InChI=1S/C11H15N3O3S2/c1-7-3-10(18-8(7)2)5-13-19(16,17)11-9(6-15)4-12-14-11/h3-4,13,15H,5-6H2,1-2H3,(H,12,14). The molecule has 104 valence electrons. The molecule has 3 N–H and O–H groups in total. The third-order valence-corrected chi connectivity index (χ3v) is 5.34. The zero-order valence-corrected chi connectivity index (χ0v) is 12.2. The van der Waals surface area contributed by atoms with E-state index in [0.717, 1.165) is 10.4 Å². The van der Waals surface area contributed by atoms with Crippen LogP contribution in [0.15, 0.2) is 17.3 Å². The Morgan fingerprint density at radius 2 is 2.21 bits per heavy atom. The molecule has 0 amide bonds. The molecule has 8 heteroatoms. The number of aliphatic hydroxyl groups excluding tert-OH is 1. The summed E-state index contributed by atoms with van der Waals surface area (Å²) in [5, 5.41) is 15.0. The number of aliphatic hydroxyl groups is 1. The fraction of sp³-hybridized carbons (Fsp3) is 0.364. The summed E-state index contributed by atoms with van der Waals surface area (Å²) in [6, 6.07) is 1.96. The molecule has 6 nitrogen and oxygen atoms in total. The number of hydrogen-bond donors (Lipinski definition) is 3. The summed E-state index contributed by atoms with van der Waals surface area (Å²) in [5.41, 5.74) is 1.41. The Morgan fingerprint density at radius 3 is 2.79 bits per heavy atom. The quantitative estimate of drug-likeness (QED) is 0.769. The molecular weight excluding hydrogens is 286 g/mol. The van der Waals surface area contributed by atoms with E-state index >= 15 is 0 Å². The second-order valence-electron chi connectivity index (χ2n) is 4.16. The number of sulfonamides is 1. The van der Waals surface area contributed by atoms with Crippen LogP contribution in [-0.4, -0.2) is 23.7 Å². The summed E-state index contributed by atoms with van der Waals surface area (Å²) in [6.45, 7) is 3.84. The number of hydrogen-bond acceptors (Lipinski definition) is 5. The van der Waals surface area contributed by atoms with Crippen LogP contribution < -0.4 is 4.72 Å². The fourth-order valence-electron chi connectivity index (χ4n) is 1.62. The number of nitrogens with one attached hydrogen (secondary N) is 2. The first-order valence-electron chi connectivity index (χ1n) is 5.62. The topological polar surface area (TPSA) is 95.1 Å². The van der Waals surface area contributed by atoms with Gasteiger partial charge >= 0.3 is 0 Å². The molecule has 0 unspecified atom stereocenters. The highest BCUT2D eigenvalue weighted by Gasteiger charge is 2.20. The molecule has 0 bridgehead atoms. The number of rotatable bonds is 5. The maximum Gasteiger partial charge on any atom is 0.258 e. The predicted octanol–water partition coefficient (Wildman–Crippen LogP) is 1.06. The van der Waals surface area contributed by atoms with Gasteiger partial charge in [0.15, 0.2) is 5.03 Å². The predicted molar refractivity (Wildman–Crippen MR) is 72.3 cm³/mol. The van der Waals surface area contributed by atoms with Gasteiger partial charge in [0.2, 0.25) is 0 Å². The first-order valence-corrected chi connectivity index (χ1v) is 7.92. The molecule has 0 atom stereocenters. The Kier molecular flexibility index (Phi) is 4.04. The Balaban J connectivity index is 2.14. The summed E-state index contributed by atoms with van der Waals surface area (Å²) < 4.78 is 26.6. The van der Waals surface area contributed by atoms with Crippen LogP contribution in [0.3, 0.4) is 0 Å². The van der Waals surface area contributed by atoms with E-state index in [1.807, 2.05) is 19.9 Å². The zero-order chi connectivity index (χ0) is 14.0. The highest BCUT2D eigenvalue weighted by molar-refractivity contribution is 7.89. The molecular formula is C11H15N3O3S2. The van der Waals surface area contributed by atoms with Crippen LogP contribution in [0.4, 0.5) is 0 Å². The first kappa shape index (κ1) is 14.2. The van der Waals surface area contributed by atoms with E-state index in [-0.39, 0.29) is 23.7 Å². The summed E-state index contributed by atoms with van der Waals surface area (Å²) in [7, 11) is -3.68. The summed E-state index contributed by atoms with van der Waals surface area (Å²) >= 11 is 1.56. The van der Waals surface area contributed by atoms with Gasteiger partial charge in [-0.3, -0.25) is 5.10 Å². The van der Waals surface area contributed by atoms with Crippen LogP contribution in [0, 0.1) is 13.8 Å². The molecule has 0 aromatic carbocycles. The van der Waals surface area contributed by atoms with Crippen molar-refractivity contribution in [2.45, 2.75) is 32.0 Å². The first-order chi connectivity index (χ1) is 8.94. The second kappa shape index (κ2) is 5.41. The Morgan fingerprint density at radius 1 is 1.47 bits per heavy atom. The molecule has 2 aromatic rings. The van der Waals surface area contributed by atoms with Crippen molar-refractivity contribution in [2.75, 3.05) is 0 Å². The van der Waals surface area contributed by atoms with Crippen molar-refractivity contribution in [1.29, 1.82) is 0 Å². The lowest BCUT2D eigenvalue weighted by Gasteiger charge is -2.04. The molecule has 0 spiro atoms. The molecule has 0 aliphatic carbocycles. The van der Waals surface area contributed by atoms with Gasteiger partial charge in [-0.05, 0) is 25.5 Å². The lowest BCUT2D eigenvalue weighted by Crippen LogP contribution is -2.24. The Labute approximate surface area is 115 Å². The molecule has 19 heavy (non-hydrogen) atoms. The van der Waals surface area contributed by atoms with Gasteiger partial charge in [0.05, 0.1) is 12.8 Å². The molecule has 2 aromatic heterocycles. The van der Waals surface area contributed by atoms with Gasteiger partial charge in [-0.25, -0.2) is 13.1 Å². The SMILES string of the molecule is Cc1cc(CNS(=O)(=O)c2[nH]ncc2CO)sc1C. The number of nitrogens with zero attached hydrogens (tertiary/aromatic N) is 1. The van der Waals surface area contributed by atoms with Crippen LogP contribution in [-0.2, 0) is 23.2 Å². The molecule has 2 rings (SSSR count). The molecule has 0 saturated heterocycles. The molecule has 2 heterocycles. The van der Waals surface area contributed by atoms with Crippen LogP contribution in [0.5, 0.6) is 0 Å². The lowest BCUT2D eigenvalue weighted by atomic mass is 10.3. The van der Waals surface area contributed by atoms with E-state index in [4.69, 9.17) is 5.11 Å². The van der Waals surface area contributed by atoms with Crippen molar-refractivity contribution in [3.8, 4) is 0 Å². The van der Waals surface area contributed by atoms with E-state index in [1.165, 1.54) is 11.1 Å². The van der Waals surface area contributed by atoms with Crippen molar-refractivity contribution < 1.29 is 13.5 Å². The molecule has 0 aliphatic heterocycles. The normalized spacial score (nSPS) is 11.9. The zero-order valence-electron chi connectivity index (χ0n) is 10.6. The highest BCUT2D eigenvalue weighted by atomic mass is 32.2. The highest BCUT2D eigenvalue weighted by Crippen LogP contribution is 2.21. The fourth-order valence-corrected chi connectivity index (χ4v) is 3.83. The van der Waals surface area contributed by atoms with Crippen LogP contribution in [0.2, 0.25) is 0 Å². The summed E-state index contributed by atoms with van der Waals surface area (Å²) in [4.78, 5) is 2.12. The number of aryl methyl sites for hydroxylation is 2. The number of aromatic nitrogens is 2. The minimum atomic E-state index is -3.68. The van der Waals surface area contributed by atoms with E-state index in [1.54, 1.807) is 11.3 Å². The van der Waals surface area contributed by atoms with E-state index in [2.05, 4.69) is 14.9 Å². The monoisotopic (exact) mass is 301 g/mol. The number of H-pyrrole nitrogens is 1. The van der Waals surface area contributed by atoms with Gasteiger partial charge < -0.3 is 5.11 Å². The van der Waals surface area contributed by atoms with Crippen LogP contribution >= 0.6 is 11.3 Å². The van der Waals surface area contributed by atoms with Crippen molar-refractivity contribution in [3.63, 3.8) is 0 Å². The minimum Gasteiger partial charge on any atom is -0.392 e. The van der Waals surface area contributed by atoms with Gasteiger partial charge in [-0.1, -0.05) is 0 Å². The van der Waals surface area contributed by atoms with E-state index < -0.39 is 10.0 Å². The Hall–Kier alpha value is -1.22. The maximum absolute atomic E-state index is 12.0.